The third-order valence-corrected chi connectivity index (χ3v) is 6.91. The Morgan fingerprint density at radius 1 is 0.462 bits per heavy atom. The van der Waals surface area contributed by atoms with Crippen LogP contribution in [0.25, 0.3) is 22.3 Å². The van der Waals surface area contributed by atoms with Crippen molar-refractivity contribution in [1.82, 2.24) is 0 Å². The number of alkyl halides is 4. The van der Waals surface area contributed by atoms with E-state index in [4.69, 9.17) is 0 Å². The van der Waals surface area contributed by atoms with Crippen LogP contribution < -0.4 is 0 Å². The van der Waals surface area contributed by atoms with Gasteiger partial charge in [0.15, 0.2) is 0 Å². The standard InChI is InChI=1S/C22H18Br4/c23-11-17-6-2-7-18(12-24)21(17)15-4-1-5-16(10-15)22-19(13-25)8-3-9-20(22)14-26/h1-10H,11-14H2. The molecular weight excluding hydrogens is 584 g/mol. The lowest BCUT2D eigenvalue weighted by atomic mass is 9.90. The smallest absolute Gasteiger partial charge is 0.0289 e. The second-order valence-electron chi connectivity index (χ2n) is 6.02. The maximum absolute atomic E-state index is 3.65. The number of hydrogen-bond donors (Lipinski definition) is 0. The van der Waals surface area contributed by atoms with Crippen molar-refractivity contribution < 1.29 is 0 Å². The van der Waals surface area contributed by atoms with Gasteiger partial charge in [-0.1, -0.05) is 118 Å². The van der Waals surface area contributed by atoms with Crippen molar-refractivity contribution in [3.05, 3.63) is 82.9 Å². The van der Waals surface area contributed by atoms with Crippen molar-refractivity contribution >= 4 is 63.7 Å². The first-order valence-electron chi connectivity index (χ1n) is 8.29. The molecule has 0 aliphatic heterocycles. The van der Waals surface area contributed by atoms with E-state index in [1.807, 2.05) is 0 Å². The molecule has 0 fully saturated rings. The van der Waals surface area contributed by atoms with Crippen LogP contribution in [0.4, 0.5) is 0 Å². The highest BCUT2D eigenvalue weighted by Gasteiger charge is 2.13. The highest BCUT2D eigenvalue weighted by atomic mass is 79.9. The molecule has 0 radical (unpaired) electrons. The summed E-state index contributed by atoms with van der Waals surface area (Å²) in [6, 6.07) is 21.9. The summed E-state index contributed by atoms with van der Waals surface area (Å²) in [6.45, 7) is 0. The number of rotatable bonds is 6. The molecule has 0 bridgehead atoms. The summed E-state index contributed by atoms with van der Waals surface area (Å²) in [5.41, 5.74) is 10.4. The molecule has 0 aliphatic rings. The van der Waals surface area contributed by atoms with Crippen LogP contribution >= 0.6 is 63.7 Å². The van der Waals surface area contributed by atoms with Gasteiger partial charge >= 0.3 is 0 Å². The lowest BCUT2D eigenvalue weighted by Crippen LogP contribution is -1.95. The molecule has 0 spiro atoms. The number of hydrogen-bond acceptors (Lipinski definition) is 0. The van der Waals surface area contributed by atoms with Gasteiger partial charge in [-0.2, -0.15) is 0 Å². The maximum Gasteiger partial charge on any atom is 0.0289 e. The van der Waals surface area contributed by atoms with E-state index in [0.717, 1.165) is 21.3 Å². The molecule has 3 rings (SSSR count). The molecule has 0 amide bonds. The number of halogens is 4. The lowest BCUT2D eigenvalue weighted by Gasteiger charge is -2.16. The summed E-state index contributed by atoms with van der Waals surface area (Å²) >= 11 is 14.6. The second-order valence-corrected chi connectivity index (χ2v) is 8.26. The Hall–Kier alpha value is -0.420. The van der Waals surface area contributed by atoms with Gasteiger partial charge in [0, 0.05) is 21.3 Å². The van der Waals surface area contributed by atoms with Crippen LogP contribution in [0, 0.1) is 0 Å². The van der Waals surface area contributed by atoms with E-state index < -0.39 is 0 Å². The minimum absolute atomic E-state index is 0.845. The molecule has 0 saturated heterocycles. The first-order valence-corrected chi connectivity index (χ1v) is 12.8. The molecule has 4 heteroatoms. The molecule has 3 aromatic carbocycles. The summed E-state index contributed by atoms with van der Waals surface area (Å²) in [4.78, 5) is 0. The fourth-order valence-electron chi connectivity index (χ4n) is 3.32. The van der Waals surface area contributed by atoms with E-state index in [0.29, 0.717) is 0 Å². The molecule has 0 unspecified atom stereocenters. The van der Waals surface area contributed by atoms with Crippen LogP contribution in [-0.2, 0) is 21.3 Å². The molecule has 0 atom stereocenters. The van der Waals surface area contributed by atoms with E-state index in [9.17, 15) is 0 Å². The molecule has 0 aromatic heterocycles. The van der Waals surface area contributed by atoms with E-state index in [-0.39, 0.29) is 0 Å². The van der Waals surface area contributed by atoms with Crippen LogP contribution in [0.3, 0.4) is 0 Å². The summed E-state index contributed by atoms with van der Waals surface area (Å²) in [7, 11) is 0. The highest BCUT2D eigenvalue weighted by molar-refractivity contribution is 9.09. The van der Waals surface area contributed by atoms with Crippen molar-refractivity contribution in [3.8, 4) is 22.3 Å². The predicted molar refractivity (Wildman–Crippen MR) is 128 cm³/mol. The summed E-state index contributed by atoms with van der Waals surface area (Å²) in [6.07, 6.45) is 0. The maximum atomic E-state index is 3.65. The Morgan fingerprint density at radius 3 is 1.08 bits per heavy atom. The Morgan fingerprint density at radius 2 is 0.769 bits per heavy atom. The van der Waals surface area contributed by atoms with E-state index in [2.05, 4.69) is 124 Å². The van der Waals surface area contributed by atoms with Gasteiger partial charge < -0.3 is 0 Å². The molecule has 0 aliphatic carbocycles. The zero-order valence-corrected chi connectivity index (χ0v) is 20.5. The second kappa shape index (κ2) is 9.68. The Labute approximate surface area is 188 Å². The minimum Gasteiger partial charge on any atom is -0.0876 e. The van der Waals surface area contributed by atoms with Crippen LogP contribution in [0.1, 0.15) is 22.3 Å². The van der Waals surface area contributed by atoms with Crippen LogP contribution in [0.5, 0.6) is 0 Å². The van der Waals surface area contributed by atoms with Crippen LogP contribution in [0.2, 0.25) is 0 Å². The van der Waals surface area contributed by atoms with Gasteiger partial charge in [0.1, 0.15) is 0 Å². The Bertz CT molecular complexity index is 787. The third kappa shape index (κ3) is 4.19. The zero-order chi connectivity index (χ0) is 18.5. The molecule has 0 heterocycles. The van der Waals surface area contributed by atoms with Gasteiger partial charge in [0.05, 0.1) is 0 Å². The summed E-state index contributed by atoms with van der Waals surface area (Å²) in [5, 5.41) is 3.38. The lowest BCUT2D eigenvalue weighted by molar-refractivity contribution is 1.33. The van der Waals surface area contributed by atoms with Gasteiger partial charge in [0.2, 0.25) is 0 Å². The monoisotopic (exact) mass is 598 g/mol. The predicted octanol–water partition coefficient (Wildman–Crippen LogP) is 8.60. The first-order chi connectivity index (χ1) is 12.7. The van der Waals surface area contributed by atoms with Crippen LogP contribution in [0.15, 0.2) is 60.7 Å². The van der Waals surface area contributed by atoms with Gasteiger partial charge in [-0.05, 0) is 50.6 Å². The van der Waals surface area contributed by atoms with Gasteiger partial charge in [-0.25, -0.2) is 0 Å². The fourth-order valence-corrected chi connectivity index (χ4v) is 5.19. The Balaban J connectivity index is 2.21. The molecule has 0 saturated carbocycles. The molecule has 3 aromatic rings. The molecule has 0 N–H and O–H groups in total. The van der Waals surface area contributed by atoms with Crippen molar-refractivity contribution in [1.29, 1.82) is 0 Å². The largest absolute Gasteiger partial charge is 0.0876 e. The van der Waals surface area contributed by atoms with Crippen molar-refractivity contribution in [2.24, 2.45) is 0 Å². The van der Waals surface area contributed by atoms with Gasteiger partial charge in [0.25, 0.3) is 0 Å². The minimum atomic E-state index is 0.845. The van der Waals surface area contributed by atoms with Gasteiger partial charge in [-0.15, -0.1) is 0 Å². The van der Waals surface area contributed by atoms with Crippen molar-refractivity contribution in [2.75, 3.05) is 0 Å². The average Bonchev–Trinajstić information content (AvgIpc) is 2.72. The fraction of sp³-hybridized carbons (Fsp3) is 0.182. The zero-order valence-electron chi connectivity index (χ0n) is 14.1. The van der Waals surface area contributed by atoms with Crippen molar-refractivity contribution in [2.45, 2.75) is 21.3 Å². The summed E-state index contributed by atoms with van der Waals surface area (Å²) < 4.78 is 0. The quantitative estimate of drug-likeness (QED) is 0.248. The Kier molecular flexibility index (Phi) is 7.56. The van der Waals surface area contributed by atoms with Gasteiger partial charge in [-0.3, -0.25) is 0 Å². The first kappa shape index (κ1) is 20.3. The summed E-state index contributed by atoms with van der Waals surface area (Å²) in [5.74, 6) is 0. The topological polar surface area (TPSA) is 0 Å². The average molecular weight is 602 g/mol. The number of benzene rings is 3. The van der Waals surface area contributed by atoms with E-state index in [1.54, 1.807) is 0 Å². The van der Waals surface area contributed by atoms with E-state index >= 15 is 0 Å². The SMILES string of the molecule is BrCc1cccc(CBr)c1-c1cccc(-c2c(CBr)cccc2CBr)c1. The van der Waals surface area contributed by atoms with Crippen LogP contribution in [-0.4, -0.2) is 0 Å². The molecule has 0 nitrogen and oxygen atoms in total. The van der Waals surface area contributed by atoms with E-state index in [1.165, 1.54) is 44.5 Å². The molecule has 134 valence electrons. The third-order valence-electron chi connectivity index (χ3n) is 4.49. The molecular formula is C22H18Br4. The van der Waals surface area contributed by atoms with Crippen molar-refractivity contribution in [3.63, 3.8) is 0 Å². The normalized spacial score (nSPS) is 10.9. The highest BCUT2D eigenvalue weighted by Crippen LogP contribution is 2.36. The molecule has 26 heavy (non-hydrogen) atoms.